The summed E-state index contributed by atoms with van der Waals surface area (Å²) in [4.78, 5) is 13.1. The fourth-order valence-electron chi connectivity index (χ4n) is 2.62. The summed E-state index contributed by atoms with van der Waals surface area (Å²) in [5.74, 6) is 0.781. The summed E-state index contributed by atoms with van der Waals surface area (Å²) >= 11 is 1.62. The number of aliphatic hydroxyl groups is 1. The molecule has 2 aromatic rings. The molecule has 0 aliphatic carbocycles. The van der Waals surface area contributed by atoms with Gasteiger partial charge in [0.15, 0.2) is 0 Å². The van der Waals surface area contributed by atoms with E-state index < -0.39 is 6.10 Å². The number of carbonyl (C=O) groups is 1. The van der Waals surface area contributed by atoms with Crippen molar-refractivity contribution in [1.82, 2.24) is 10.6 Å². The molecule has 23 heavy (non-hydrogen) atoms. The van der Waals surface area contributed by atoms with Crippen LogP contribution in [0.2, 0.25) is 0 Å². The van der Waals surface area contributed by atoms with Crippen LogP contribution in [0.3, 0.4) is 0 Å². The van der Waals surface area contributed by atoms with Crippen molar-refractivity contribution >= 4 is 17.2 Å². The van der Waals surface area contributed by atoms with E-state index in [1.807, 2.05) is 24.3 Å². The molecule has 0 bridgehead atoms. The molecule has 122 valence electrons. The second-order valence-electron chi connectivity index (χ2n) is 5.60. The van der Waals surface area contributed by atoms with E-state index in [4.69, 9.17) is 4.74 Å². The molecule has 5 nitrogen and oxygen atoms in total. The Balaban J connectivity index is 1.57. The van der Waals surface area contributed by atoms with Crippen LogP contribution in [0.1, 0.15) is 11.3 Å². The summed E-state index contributed by atoms with van der Waals surface area (Å²) in [5, 5.41) is 17.5. The van der Waals surface area contributed by atoms with Gasteiger partial charge < -0.3 is 20.5 Å². The summed E-state index contributed by atoms with van der Waals surface area (Å²) in [6.45, 7) is 0.993. The fraction of sp³-hybridized carbons (Fsp3) is 0.353. The van der Waals surface area contributed by atoms with Crippen LogP contribution < -0.4 is 15.4 Å². The monoisotopic (exact) mass is 332 g/mol. The van der Waals surface area contributed by atoms with Crippen molar-refractivity contribution in [3.63, 3.8) is 0 Å². The van der Waals surface area contributed by atoms with Crippen LogP contribution in [0.25, 0.3) is 11.1 Å². The number of β-amino-alcohol motifs (C(OH)–C–C–N with tert-alkyl or cyclic N) is 1. The van der Waals surface area contributed by atoms with Gasteiger partial charge in [-0.25, -0.2) is 0 Å². The van der Waals surface area contributed by atoms with E-state index in [1.165, 1.54) is 0 Å². The van der Waals surface area contributed by atoms with Gasteiger partial charge in [0, 0.05) is 11.4 Å². The SMILES string of the molecule is COc1ccc(-c2csc(CNC(=O)C3CC(O)CN3)c2)cc1. The van der Waals surface area contributed by atoms with E-state index in [1.54, 1.807) is 18.4 Å². The predicted octanol–water partition coefficient (Wildman–Crippen LogP) is 1.76. The van der Waals surface area contributed by atoms with Gasteiger partial charge in [0.25, 0.3) is 0 Å². The number of hydrogen-bond donors (Lipinski definition) is 3. The summed E-state index contributed by atoms with van der Waals surface area (Å²) in [7, 11) is 1.65. The molecule has 2 atom stereocenters. The second kappa shape index (κ2) is 7.12. The van der Waals surface area contributed by atoms with E-state index >= 15 is 0 Å². The van der Waals surface area contributed by atoms with Crippen molar-refractivity contribution in [2.45, 2.75) is 25.1 Å². The average Bonchev–Trinajstić information content (AvgIpc) is 3.22. The van der Waals surface area contributed by atoms with Gasteiger partial charge in [0.2, 0.25) is 5.91 Å². The Hall–Kier alpha value is -1.89. The lowest BCUT2D eigenvalue weighted by Gasteiger charge is -2.09. The quantitative estimate of drug-likeness (QED) is 0.780. The van der Waals surface area contributed by atoms with Crippen molar-refractivity contribution in [3.8, 4) is 16.9 Å². The molecule has 1 amide bonds. The van der Waals surface area contributed by atoms with Gasteiger partial charge in [-0.3, -0.25) is 4.79 Å². The van der Waals surface area contributed by atoms with Gasteiger partial charge in [-0.1, -0.05) is 12.1 Å². The van der Waals surface area contributed by atoms with Gasteiger partial charge in [0.05, 0.1) is 25.8 Å². The fourth-order valence-corrected chi connectivity index (χ4v) is 3.46. The molecule has 2 heterocycles. The lowest BCUT2D eigenvalue weighted by Crippen LogP contribution is -2.39. The minimum Gasteiger partial charge on any atom is -0.497 e. The third kappa shape index (κ3) is 3.90. The third-order valence-corrected chi connectivity index (χ3v) is 4.87. The number of amides is 1. The van der Waals surface area contributed by atoms with Crippen molar-refractivity contribution in [2.24, 2.45) is 0 Å². The number of benzene rings is 1. The lowest BCUT2D eigenvalue weighted by atomic mass is 10.1. The Kier molecular flexibility index (Phi) is 4.95. The van der Waals surface area contributed by atoms with Gasteiger partial charge in [-0.15, -0.1) is 11.3 Å². The van der Waals surface area contributed by atoms with Crippen LogP contribution in [0, 0.1) is 0 Å². The standard InChI is InChI=1S/C17H20N2O3S/c1-22-14-4-2-11(3-5-14)12-6-15(23-10-12)9-19-17(21)16-7-13(20)8-18-16/h2-6,10,13,16,18,20H,7-9H2,1H3,(H,19,21). The molecule has 3 N–H and O–H groups in total. The number of hydrogen-bond acceptors (Lipinski definition) is 5. The van der Waals surface area contributed by atoms with Crippen LogP contribution >= 0.6 is 11.3 Å². The molecule has 1 aliphatic heterocycles. The molecule has 1 aliphatic rings. The minimum absolute atomic E-state index is 0.0547. The number of thiophene rings is 1. The molecule has 2 unspecified atom stereocenters. The number of methoxy groups -OCH3 is 1. The number of nitrogens with one attached hydrogen (secondary N) is 2. The Morgan fingerprint density at radius 1 is 1.39 bits per heavy atom. The molecule has 0 radical (unpaired) electrons. The zero-order valence-corrected chi connectivity index (χ0v) is 13.7. The molecule has 1 saturated heterocycles. The number of carbonyl (C=O) groups excluding carboxylic acids is 1. The topological polar surface area (TPSA) is 70.6 Å². The zero-order valence-electron chi connectivity index (χ0n) is 12.9. The second-order valence-corrected chi connectivity index (χ2v) is 6.59. The van der Waals surface area contributed by atoms with E-state index in [0.29, 0.717) is 19.5 Å². The molecule has 1 aromatic carbocycles. The summed E-state index contributed by atoms with van der Waals surface area (Å²) in [6.07, 6.45) is 0.0575. The molecule has 3 rings (SSSR count). The summed E-state index contributed by atoms with van der Waals surface area (Å²) in [5.41, 5.74) is 2.26. The van der Waals surface area contributed by atoms with Gasteiger partial charge in [-0.05, 0) is 41.1 Å². The largest absolute Gasteiger partial charge is 0.497 e. The Bertz CT molecular complexity index is 669. The maximum absolute atomic E-state index is 12.0. The highest BCUT2D eigenvalue weighted by Crippen LogP contribution is 2.27. The molecular formula is C17H20N2O3S. The minimum atomic E-state index is -0.422. The molecule has 0 saturated carbocycles. The Morgan fingerprint density at radius 3 is 2.83 bits per heavy atom. The van der Waals surface area contributed by atoms with Crippen LogP contribution in [0.4, 0.5) is 0 Å². The molecule has 1 fully saturated rings. The first kappa shape index (κ1) is 16.0. The molecular weight excluding hydrogens is 312 g/mol. The highest BCUT2D eigenvalue weighted by molar-refractivity contribution is 7.10. The van der Waals surface area contributed by atoms with Crippen LogP contribution in [-0.4, -0.2) is 36.8 Å². The van der Waals surface area contributed by atoms with E-state index in [0.717, 1.165) is 21.8 Å². The molecule has 6 heteroatoms. The first-order chi connectivity index (χ1) is 11.2. The Labute approximate surface area is 139 Å². The number of ether oxygens (including phenoxy) is 1. The predicted molar refractivity (Wildman–Crippen MR) is 90.6 cm³/mol. The Morgan fingerprint density at radius 2 is 2.17 bits per heavy atom. The van der Waals surface area contributed by atoms with Crippen molar-refractivity contribution in [1.29, 1.82) is 0 Å². The average molecular weight is 332 g/mol. The van der Waals surface area contributed by atoms with E-state index in [2.05, 4.69) is 22.1 Å². The van der Waals surface area contributed by atoms with Crippen molar-refractivity contribution in [2.75, 3.05) is 13.7 Å². The van der Waals surface area contributed by atoms with Crippen LogP contribution in [0.15, 0.2) is 35.7 Å². The highest BCUT2D eigenvalue weighted by atomic mass is 32.1. The summed E-state index contributed by atoms with van der Waals surface area (Å²) in [6, 6.07) is 9.71. The maximum atomic E-state index is 12.0. The number of rotatable bonds is 5. The van der Waals surface area contributed by atoms with Crippen molar-refractivity contribution < 1.29 is 14.6 Å². The summed E-state index contributed by atoms with van der Waals surface area (Å²) < 4.78 is 5.16. The van der Waals surface area contributed by atoms with Gasteiger partial charge in [0.1, 0.15) is 5.75 Å². The number of aliphatic hydroxyl groups excluding tert-OH is 1. The normalized spacial score (nSPS) is 20.4. The van der Waals surface area contributed by atoms with E-state index in [9.17, 15) is 9.90 Å². The highest BCUT2D eigenvalue weighted by Gasteiger charge is 2.27. The maximum Gasteiger partial charge on any atom is 0.237 e. The molecule has 1 aromatic heterocycles. The molecule has 0 spiro atoms. The van der Waals surface area contributed by atoms with Crippen molar-refractivity contribution in [3.05, 3.63) is 40.6 Å². The third-order valence-electron chi connectivity index (χ3n) is 3.94. The first-order valence-corrected chi connectivity index (χ1v) is 8.44. The smallest absolute Gasteiger partial charge is 0.237 e. The lowest BCUT2D eigenvalue weighted by molar-refractivity contribution is -0.123. The van der Waals surface area contributed by atoms with Crippen LogP contribution in [0.5, 0.6) is 5.75 Å². The zero-order chi connectivity index (χ0) is 16.2. The van der Waals surface area contributed by atoms with Gasteiger partial charge >= 0.3 is 0 Å². The van der Waals surface area contributed by atoms with E-state index in [-0.39, 0.29) is 11.9 Å². The first-order valence-electron chi connectivity index (χ1n) is 7.56. The van der Waals surface area contributed by atoms with Gasteiger partial charge in [-0.2, -0.15) is 0 Å². The van der Waals surface area contributed by atoms with Crippen LogP contribution in [-0.2, 0) is 11.3 Å².